The van der Waals surface area contributed by atoms with Gasteiger partial charge in [-0.1, -0.05) is 18.5 Å². The Morgan fingerprint density at radius 1 is 1.21 bits per heavy atom. The van der Waals surface area contributed by atoms with E-state index in [1.807, 2.05) is 6.92 Å². The lowest BCUT2D eigenvalue weighted by Gasteiger charge is -2.14. The Kier molecular flexibility index (Phi) is 4.48. The molecule has 0 aliphatic carbocycles. The first-order valence-electron chi connectivity index (χ1n) is 8.55. The summed E-state index contributed by atoms with van der Waals surface area (Å²) in [5.74, 6) is -0.232. The van der Waals surface area contributed by atoms with Crippen molar-refractivity contribution in [3.63, 3.8) is 0 Å². The average Bonchev–Trinajstić information content (AvgIpc) is 3.07. The molecule has 5 N–H and O–H groups in total. The van der Waals surface area contributed by atoms with Gasteiger partial charge in [-0.3, -0.25) is 9.89 Å². The van der Waals surface area contributed by atoms with Gasteiger partial charge >= 0.3 is 0 Å². The van der Waals surface area contributed by atoms with Crippen molar-refractivity contribution in [3.8, 4) is 11.1 Å². The summed E-state index contributed by atoms with van der Waals surface area (Å²) >= 11 is 5.99. The molecule has 4 rings (SSSR count). The van der Waals surface area contributed by atoms with Crippen LogP contribution in [0, 0.1) is 5.82 Å². The molecular weight excluding hydrogens is 383 g/mol. The van der Waals surface area contributed by atoms with Crippen LogP contribution < -0.4 is 16.6 Å². The van der Waals surface area contributed by atoms with Crippen LogP contribution in [-0.4, -0.2) is 20.2 Å². The van der Waals surface area contributed by atoms with Gasteiger partial charge in [0.1, 0.15) is 5.82 Å². The van der Waals surface area contributed by atoms with Crippen LogP contribution in [-0.2, 0) is 6.42 Å². The van der Waals surface area contributed by atoms with Gasteiger partial charge in [-0.15, -0.1) is 0 Å². The highest BCUT2D eigenvalue weighted by atomic mass is 35.5. The molecule has 3 aromatic heterocycles. The third-order valence-electron chi connectivity index (χ3n) is 4.45. The van der Waals surface area contributed by atoms with E-state index in [4.69, 9.17) is 17.3 Å². The third kappa shape index (κ3) is 3.07. The molecule has 1 aromatic carbocycles. The number of aryl methyl sites for hydroxylation is 1. The molecule has 0 fully saturated rings. The number of hydrogen-bond donors (Lipinski definition) is 4. The largest absolute Gasteiger partial charge is 0.382 e. The van der Waals surface area contributed by atoms with Crippen LogP contribution in [0.3, 0.4) is 0 Å². The number of nitrogens with two attached hydrogens (primary N) is 1. The van der Waals surface area contributed by atoms with Gasteiger partial charge in [0.2, 0.25) is 0 Å². The number of rotatable bonds is 4. The molecule has 0 aliphatic heterocycles. The topological polar surface area (TPSA) is 112 Å². The summed E-state index contributed by atoms with van der Waals surface area (Å²) < 4.78 is 14.3. The molecule has 0 saturated carbocycles. The average molecular weight is 399 g/mol. The Morgan fingerprint density at radius 3 is 2.82 bits per heavy atom. The zero-order valence-electron chi connectivity index (χ0n) is 14.8. The van der Waals surface area contributed by atoms with E-state index in [0.717, 1.165) is 0 Å². The molecule has 0 radical (unpaired) electrons. The highest BCUT2D eigenvalue weighted by Crippen LogP contribution is 2.31. The van der Waals surface area contributed by atoms with Gasteiger partial charge in [-0.05, 0) is 36.8 Å². The fourth-order valence-corrected chi connectivity index (χ4v) is 3.26. The van der Waals surface area contributed by atoms with Gasteiger partial charge in [-0.2, -0.15) is 5.10 Å². The van der Waals surface area contributed by atoms with Gasteiger partial charge in [-0.25, -0.2) is 9.37 Å². The minimum atomic E-state index is -0.532. The first-order chi connectivity index (χ1) is 13.5. The number of anilines is 3. The lowest BCUT2D eigenvalue weighted by molar-refractivity contribution is 0.631. The Balaban J connectivity index is 1.88. The van der Waals surface area contributed by atoms with Gasteiger partial charge in [0, 0.05) is 22.5 Å². The van der Waals surface area contributed by atoms with Crippen molar-refractivity contribution < 1.29 is 4.39 Å². The van der Waals surface area contributed by atoms with E-state index in [2.05, 4.69) is 25.5 Å². The fraction of sp³-hybridized carbons (Fsp3) is 0.105. The Labute approximate surface area is 163 Å². The number of benzene rings is 1. The van der Waals surface area contributed by atoms with Crippen LogP contribution in [0.1, 0.15) is 12.6 Å². The Morgan fingerprint density at radius 2 is 2.04 bits per heavy atom. The number of nitrogens with zero attached hydrogens (tertiary/aromatic N) is 2. The number of aromatic amines is 2. The van der Waals surface area contributed by atoms with Crippen LogP contribution in [0.25, 0.3) is 22.2 Å². The second-order valence-corrected chi connectivity index (χ2v) is 6.63. The molecule has 0 unspecified atom stereocenters. The first-order valence-corrected chi connectivity index (χ1v) is 8.93. The molecule has 0 atom stereocenters. The van der Waals surface area contributed by atoms with Crippen molar-refractivity contribution in [1.82, 2.24) is 20.2 Å². The molecule has 7 nitrogen and oxygen atoms in total. The molecule has 0 bridgehead atoms. The smallest absolute Gasteiger partial charge is 0.256 e. The maximum absolute atomic E-state index is 14.3. The maximum Gasteiger partial charge on any atom is 0.256 e. The Hall–Kier alpha value is -3.39. The number of aromatic nitrogens is 4. The normalized spacial score (nSPS) is 11.1. The Bertz CT molecular complexity index is 1250. The summed E-state index contributed by atoms with van der Waals surface area (Å²) in [7, 11) is 0. The van der Waals surface area contributed by atoms with E-state index in [9.17, 15) is 9.18 Å². The van der Waals surface area contributed by atoms with Crippen molar-refractivity contribution in [1.29, 1.82) is 0 Å². The highest BCUT2D eigenvalue weighted by molar-refractivity contribution is 6.30. The van der Waals surface area contributed by atoms with Crippen molar-refractivity contribution in [2.45, 2.75) is 13.3 Å². The van der Waals surface area contributed by atoms with Gasteiger partial charge in [0.15, 0.2) is 11.5 Å². The second kappa shape index (κ2) is 6.97. The van der Waals surface area contributed by atoms with Crippen LogP contribution in [0.5, 0.6) is 0 Å². The number of pyridine rings is 2. The minimum absolute atomic E-state index is 0.127. The molecule has 28 heavy (non-hydrogen) atoms. The van der Waals surface area contributed by atoms with E-state index < -0.39 is 11.4 Å². The predicted molar refractivity (Wildman–Crippen MR) is 108 cm³/mol. The number of H-pyrrole nitrogens is 2. The van der Waals surface area contributed by atoms with Gasteiger partial charge in [0.25, 0.3) is 5.56 Å². The van der Waals surface area contributed by atoms with Crippen LogP contribution in [0.2, 0.25) is 5.02 Å². The monoisotopic (exact) mass is 398 g/mol. The molecule has 3 heterocycles. The first kappa shape index (κ1) is 18.0. The summed E-state index contributed by atoms with van der Waals surface area (Å²) in [4.78, 5) is 19.6. The van der Waals surface area contributed by atoms with E-state index in [1.54, 1.807) is 18.3 Å². The van der Waals surface area contributed by atoms with Crippen LogP contribution >= 0.6 is 11.6 Å². The number of halogens is 2. The zero-order valence-corrected chi connectivity index (χ0v) is 15.6. The lowest BCUT2D eigenvalue weighted by atomic mass is 10.0. The molecular formula is C19H16ClFN6O. The second-order valence-electron chi connectivity index (χ2n) is 6.20. The quantitative estimate of drug-likeness (QED) is 0.415. The summed E-state index contributed by atoms with van der Waals surface area (Å²) in [6.07, 6.45) is 2.17. The molecule has 0 amide bonds. The molecule has 9 heteroatoms. The van der Waals surface area contributed by atoms with Crippen molar-refractivity contribution in [2.24, 2.45) is 0 Å². The standard InChI is InChI=1S/C19H16ClFN6O/c1-2-13-15(24-14-5-6-23-18-16(14)17(22)26-27-18)8-11(19(28)25-13)10-7-9(20)3-4-12(10)21/h3-8H,2H2,1H3,(H,25,28)(H4,22,23,24,26,27). The molecule has 0 aliphatic rings. The molecule has 4 aromatic rings. The third-order valence-corrected chi connectivity index (χ3v) is 4.69. The van der Waals surface area contributed by atoms with E-state index in [-0.39, 0.29) is 11.1 Å². The number of nitrogens with one attached hydrogen (secondary N) is 3. The fourth-order valence-electron chi connectivity index (χ4n) is 3.09. The lowest BCUT2D eigenvalue weighted by Crippen LogP contribution is -2.14. The van der Waals surface area contributed by atoms with Crippen molar-refractivity contribution in [2.75, 3.05) is 11.1 Å². The summed E-state index contributed by atoms with van der Waals surface area (Å²) in [5, 5.41) is 11.0. The van der Waals surface area contributed by atoms with Gasteiger partial charge < -0.3 is 16.0 Å². The summed E-state index contributed by atoms with van der Waals surface area (Å²) in [6.45, 7) is 1.91. The minimum Gasteiger partial charge on any atom is -0.382 e. The predicted octanol–water partition coefficient (Wildman–Crippen LogP) is 3.99. The molecule has 0 saturated heterocycles. The summed E-state index contributed by atoms with van der Waals surface area (Å²) in [6, 6.07) is 7.45. The van der Waals surface area contributed by atoms with Crippen molar-refractivity contribution >= 4 is 39.8 Å². The van der Waals surface area contributed by atoms with Crippen LogP contribution in [0.15, 0.2) is 41.3 Å². The number of nitrogen functional groups attached to an aromatic ring is 1. The highest BCUT2D eigenvalue weighted by Gasteiger charge is 2.15. The van der Waals surface area contributed by atoms with E-state index in [0.29, 0.717) is 45.4 Å². The molecule has 0 spiro atoms. The zero-order chi connectivity index (χ0) is 19.8. The number of fused-ring (bicyclic) bond motifs is 1. The van der Waals surface area contributed by atoms with Gasteiger partial charge in [0.05, 0.1) is 22.3 Å². The maximum atomic E-state index is 14.3. The van der Waals surface area contributed by atoms with Crippen molar-refractivity contribution in [3.05, 3.63) is 63.4 Å². The summed E-state index contributed by atoms with van der Waals surface area (Å²) in [5.41, 5.74) is 8.32. The molecule has 142 valence electrons. The number of hydrogen-bond acceptors (Lipinski definition) is 5. The SMILES string of the molecule is CCc1[nH]c(=O)c(-c2cc(Cl)ccc2F)cc1Nc1ccnc2[nH]nc(N)c12. The van der Waals surface area contributed by atoms with Crippen LogP contribution in [0.4, 0.5) is 21.6 Å². The van der Waals surface area contributed by atoms with E-state index >= 15 is 0 Å². The van der Waals surface area contributed by atoms with E-state index in [1.165, 1.54) is 18.2 Å².